The molecule has 1 atom stereocenters. The van der Waals surface area contributed by atoms with Crippen LogP contribution in [-0.2, 0) is 11.2 Å². The maximum Gasteiger partial charge on any atom is 0.246 e. The van der Waals surface area contributed by atoms with E-state index in [9.17, 15) is 4.79 Å². The normalized spacial score (nSPS) is 17.6. The number of amides is 1. The van der Waals surface area contributed by atoms with E-state index in [2.05, 4.69) is 39.3 Å². The van der Waals surface area contributed by atoms with Crippen LogP contribution in [0.25, 0.3) is 0 Å². The van der Waals surface area contributed by atoms with Crippen LogP contribution < -0.4 is 10.6 Å². The third-order valence-corrected chi connectivity index (χ3v) is 4.68. The molecule has 1 heterocycles. The molecule has 1 aliphatic heterocycles. The second-order valence-corrected chi connectivity index (χ2v) is 6.60. The molecule has 1 amide bonds. The number of carbonyl (C=O) groups is 1. The molecule has 2 aromatic rings. The molecule has 2 aromatic carbocycles. The SMILES string of the molecule is O=C1Nc2ccccc2CCC1Nc1ccc(Cl)cc1I. The molecule has 0 aliphatic carbocycles. The molecule has 1 unspecified atom stereocenters. The van der Waals surface area contributed by atoms with Gasteiger partial charge in [0.25, 0.3) is 0 Å². The number of fused-ring (bicyclic) bond motifs is 1. The zero-order valence-electron chi connectivity index (χ0n) is 11.2. The van der Waals surface area contributed by atoms with E-state index in [1.807, 2.05) is 36.4 Å². The summed E-state index contributed by atoms with van der Waals surface area (Å²) in [7, 11) is 0. The van der Waals surface area contributed by atoms with E-state index >= 15 is 0 Å². The Morgan fingerprint density at radius 2 is 2.05 bits per heavy atom. The van der Waals surface area contributed by atoms with Crippen molar-refractivity contribution in [3.05, 3.63) is 56.6 Å². The lowest BCUT2D eigenvalue weighted by Crippen LogP contribution is -2.33. The Balaban J connectivity index is 1.80. The Morgan fingerprint density at radius 3 is 2.86 bits per heavy atom. The molecule has 5 heteroatoms. The predicted octanol–water partition coefficient (Wildman–Crippen LogP) is 4.31. The third-order valence-electron chi connectivity index (χ3n) is 3.55. The van der Waals surface area contributed by atoms with Gasteiger partial charge in [-0.3, -0.25) is 4.79 Å². The minimum Gasteiger partial charge on any atom is -0.373 e. The summed E-state index contributed by atoms with van der Waals surface area (Å²) in [5.41, 5.74) is 3.03. The largest absolute Gasteiger partial charge is 0.373 e. The second-order valence-electron chi connectivity index (χ2n) is 5.01. The van der Waals surface area contributed by atoms with Crippen LogP contribution in [0.15, 0.2) is 42.5 Å². The zero-order chi connectivity index (χ0) is 14.8. The molecular weight excluding hydrogens is 399 g/mol. The molecule has 0 bridgehead atoms. The van der Waals surface area contributed by atoms with Crippen LogP contribution in [0.5, 0.6) is 0 Å². The summed E-state index contributed by atoms with van der Waals surface area (Å²) < 4.78 is 1.01. The molecule has 0 saturated heterocycles. The Labute approximate surface area is 142 Å². The molecule has 21 heavy (non-hydrogen) atoms. The average molecular weight is 413 g/mol. The highest BCUT2D eigenvalue weighted by molar-refractivity contribution is 14.1. The number of halogens is 2. The molecule has 0 fully saturated rings. The number of nitrogens with one attached hydrogen (secondary N) is 2. The van der Waals surface area contributed by atoms with E-state index in [0.717, 1.165) is 27.8 Å². The Bertz CT molecular complexity index is 690. The van der Waals surface area contributed by atoms with Gasteiger partial charge in [-0.2, -0.15) is 0 Å². The number of benzene rings is 2. The van der Waals surface area contributed by atoms with E-state index < -0.39 is 0 Å². The maximum atomic E-state index is 12.4. The van der Waals surface area contributed by atoms with Gasteiger partial charge >= 0.3 is 0 Å². The van der Waals surface area contributed by atoms with Crippen LogP contribution in [0.4, 0.5) is 11.4 Å². The van der Waals surface area contributed by atoms with Gasteiger partial charge in [0.2, 0.25) is 5.91 Å². The zero-order valence-corrected chi connectivity index (χ0v) is 14.1. The van der Waals surface area contributed by atoms with Crippen molar-refractivity contribution in [2.45, 2.75) is 18.9 Å². The van der Waals surface area contributed by atoms with Gasteiger partial charge in [-0.1, -0.05) is 29.8 Å². The van der Waals surface area contributed by atoms with Crippen LogP contribution in [0.3, 0.4) is 0 Å². The number of anilines is 2. The molecule has 0 saturated carbocycles. The predicted molar refractivity (Wildman–Crippen MR) is 95.0 cm³/mol. The molecular formula is C16H14ClIN2O. The summed E-state index contributed by atoms with van der Waals surface area (Å²) in [6, 6.07) is 13.3. The molecule has 0 radical (unpaired) electrons. The highest BCUT2D eigenvalue weighted by atomic mass is 127. The van der Waals surface area contributed by atoms with Crippen molar-refractivity contribution in [2.24, 2.45) is 0 Å². The lowest BCUT2D eigenvalue weighted by molar-refractivity contribution is -0.116. The number of aryl methyl sites for hydroxylation is 1. The summed E-state index contributed by atoms with van der Waals surface area (Å²) in [6.07, 6.45) is 1.64. The summed E-state index contributed by atoms with van der Waals surface area (Å²) in [4.78, 5) is 12.4. The van der Waals surface area contributed by atoms with Crippen LogP contribution in [0, 0.1) is 3.57 Å². The minimum atomic E-state index is -0.243. The van der Waals surface area contributed by atoms with Gasteiger partial charge in [0, 0.05) is 20.0 Å². The van der Waals surface area contributed by atoms with E-state index in [0.29, 0.717) is 5.02 Å². The molecule has 108 valence electrons. The first-order valence-corrected chi connectivity index (χ1v) is 8.19. The van der Waals surface area contributed by atoms with Crippen LogP contribution in [0.2, 0.25) is 5.02 Å². The fraction of sp³-hybridized carbons (Fsp3) is 0.188. The summed E-state index contributed by atoms with van der Waals surface area (Å²) in [6.45, 7) is 0. The second kappa shape index (κ2) is 6.23. The lowest BCUT2D eigenvalue weighted by Gasteiger charge is -2.17. The standard InChI is InChI=1S/C16H14ClIN2O/c17-11-6-8-14(12(18)9-11)19-15-7-5-10-3-1-2-4-13(10)20-16(15)21/h1-4,6,8-9,15,19H,5,7H2,(H,20,21). The smallest absolute Gasteiger partial charge is 0.246 e. The van der Waals surface area contributed by atoms with E-state index in [1.165, 1.54) is 5.56 Å². The third kappa shape index (κ3) is 3.32. The van der Waals surface area contributed by atoms with E-state index in [4.69, 9.17) is 11.6 Å². The van der Waals surface area contributed by atoms with Gasteiger partial charge in [0.05, 0.1) is 0 Å². The van der Waals surface area contributed by atoms with Crippen molar-refractivity contribution in [1.82, 2.24) is 0 Å². The number of carbonyl (C=O) groups excluding carboxylic acids is 1. The molecule has 0 aromatic heterocycles. The summed E-state index contributed by atoms with van der Waals surface area (Å²) in [5, 5.41) is 7.01. The summed E-state index contributed by atoms with van der Waals surface area (Å²) >= 11 is 8.18. The highest BCUT2D eigenvalue weighted by Gasteiger charge is 2.23. The topological polar surface area (TPSA) is 41.1 Å². The van der Waals surface area contributed by atoms with Crippen LogP contribution in [-0.4, -0.2) is 11.9 Å². The first kappa shape index (κ1) is 14.7. The molecule has 3 nitrogen and oxygen atoms in total. The van der Waals surface area contributed by atoms with Crippen molar-refractivity contribution in [3.63, 3.8) is 0 Å². The van der Waals surface area contributed by atoms with E-state index in [-0.39, 0.29) is 11.9 Å². The van der Waals surface area contributed by atoms with Crippen LogP contribution >= 0.6 is 34.2 Å². The van der Waals surface area contributed by atoms with Crippen LogP contribution in [0.1, 0.15) is 12.0 Å². The summed E-state index contributed by atoms with van der Waals surface area (Å²) in [5.74, 6) is 0.00528. The van der Waals surface area contributed by atoms with Crippen molar-refractivity contribution in [3.8, 4) is 0 Å². The van der Waals surface area contributed by atoms with Gasteiger partial charge in [0.1, 0.15) is 6.04 Å². The van der Waals surface area contributed by atoms with Gasteiger partial charge in [-0.25, -0.2) is 0 Å². The van der Waals surface area contributed by atoms with Crippen molar-refractivity contribution in [1.29, 1.82) is 0 Å². The maximum absolute atomic E-state index is 12.4. The lowest BCUT2D eigenvalue weighted by atomic mass is 10.1. The Kier molecular flexibility index (Phi) is 4.35. The quantitative estimate of drug-likeness (QED) is 0.722. The molecule has 2 N–H and O–H groups in total. The number of para-hydroxylation sites is 1. The monoisotopic (exact) mass is 412 g/mol. The fourth-order valence-corrected chi connectivity index (χ4v) is 3.47. The number of hydrogen-bond donors (Lipinski definition) is 2. The Morgan fingerprint density at radius 1 is 1.24 bits per heavy atom. The minimum absolute atomic E-state index is 0.00528. The Hall–Kier alpha value is -1.27. The van der Waals surface area contributed by atoms with Gasteiger partial charge in [-0.05, 0) is 65.3 Å². The van der Waals surface area contributed by atoms with E-state index in [1.54, 1.807) is 0 Å². The highest BCUT2D eigenvalue weighted by Crippen LogP contribution is 2.26. The molecule has 1 aliphatic rings. The first-order chi connectivity index (χ1) is 10.1. The fourth-order valence-electron chi connectivity index (χ4n) is 2.44. The van der Waals surface area contributed by atoms with Gasteiger partial charge in [0.15, 0.2) is 0 Å². The van der Waals surface area contributed by atoms with Crippen molar-refractivity contribution < 1.29 is 4.79 Å². The number of rotatable bonds is 2. The number of hydrogen-bond acceptors (Lipinski definition) is 2. The molecule has 0 spiro atoms. The van der Waals surface area contributed by atoms with Gasteiger partial charge in [-0.15, -0.1) is 0 Å². The van der Waals surface area contributed by atoms with Crippen molar-refractivity contribution in [2.75, 3.05) is 10.6 Å². The van der Waals surface area contributed by atoms with Crippen molar-refractivity contribution >= 4 is 51.5 Å². The van der Waals surface area contributed by atoms with Gasteiger partial charge < -0.3 is 10.6 Å². The molecule has 3 rings (SSSR count). The average Bonchev–Trinajstić information content (AvgIpc) is 2.61. The first-order valence-electron chi connectivity index (χ1n) is 6.74.